The average Bonchev–Trinajstić information content (AvgIpc) is 2.96. The molecule has 7 nitrogen and oxygen atoms in total. The van der Waals surface area contributed by atoms with Gasteiger partial charge in [-0.1, -0.05) is 0 Å². The molecule has 8 heteroatoms. The van der Waals surface area contributed by atoms with Crippen LogP contribution in [0.3, 0.4) is 0 Å². The van der Waals surface area contributed by atoms with Crippen molar-refractivity contribution in [1.29, 1.82) is 0 Å². The lowest BCUT2D eigenvalue weighted by molar-refractivity contribution is 0.193. The number of piperidine rings is 1. The molecule has 23 heavy (non-hydrogen) atoms. The van der Waals surface area contributed by atoms with Crippen molar-refractivity contribution in [3.8, 4) is 0 Å². The van der Waals surface area contributed by atoms with Crippen molar-refractivity contribution in [1.82, 2.24) is 24.6 Å². The minimum absolute atomic E-state index is 0.0657. The highest BCUT2D eigenvalue weighted by Gasteiger charge is 2.26. The van der Waals surface area contributed by atoms with E-state index in [0.717, 1.165) is 30.9 Å². The van der Waals surface area contributed by atoms with Gasteiger partial charge in [0.25, 0.3) is 0 Å². The molecule has 1 saturated heterocycles. The topological polar surface area (TPSA) is 78.8 Å². The number of nitrogens with one attached hydrogen (secondary N) is 2. The molecule has 2 aromatic heterocycles. The molecule has 2 N–H and O–H groups in total. The predicted molar refractivity (Wildman–Crippen MR) is 89.9 cm³/mol. The number of pyridine rings is 1. The second-order valence-electron chi connectivity index (χ2n) is 5.56. The number of carbonyl (C=O) groups is 1. The first-order valence-electron chi connectivity index (χ1n) is 7.80. The lowest BCUT2D eigenvalue weighted by atomic mass is 9.96. The van der Waals surface area contributed by atoms with Crippen LogP contribution in [0.2, 0.25) is 0 Å². The van der Waals surface area contributed by atoms with E-state index in [1.165, 1.54) is 0 Å². The van der Waals surface area contributed by atoms with Gasteiger partial charge in [-0.15, -0.1) is 0 Å². The van der Waals surface area contributed by atoms with Crippen molar-refractivity contribution in [3.63, 3.8) is 0 Å². The molecule has 1 aliphatic rings. The van der Waals surface area contributed by atoms with E-state index in [-0.39, 0.29) is 6.03 Å². The highest BCUT2D eigenvalue weighted by molar-refractivity contribution is 7.71. The Kier molecular flexibility index (Phi) is 4.71. The minimum atomic E-state index is -0.0657. The Morgan fingerprint density at radius 2 is 2.09 bits per heavy atom. The zero-order chi connectivity index (χ0) is 16.2. The van der Waals surface area contributed by atoms with E-state index in [0.29, 0.717) is 23.8 Å². The van der Waals surface area contributed by atoms with Gasteiger partial charge in [-0.2, -0.15) is 5.10 Å². The summed E-state index contributed by atoms with van der Waals surface area (Å²) in [5.74, 6) is 1.35. The summed E-state index contributed by atoms with van der Waals surface area (Å²) in [7, 11) is 0. The van der Waals surface area contributed by atoms with Crippen LogP contribution >= 0.6 is 12.2 Å². The number of carbonyl (C=O) groups excluding carboxylic acids is 1. The third-order valence-electron chi connectivity index (χ3n) is 4.18. The first-order valence-corrected chi connectivity index (χ1v) is 8.21. The molecular formula is C15H20N6OS. The van der Waals surface area contributed by atoms with E-state index >= 15 is 0 Å². The van der Waals surface area contributed by atoms with Crippen molar-refractivity contribution in [2.45, 2.75) is 32.2 Å². The van der Waals surface area contributed by atoms with Crippen molar-refractivity contribution in [2.24, 2.45) is 0 Å². The Hall–Kier alpha value is -2.22. The normalized spacial score (nSPS) is 15.6. The lowest BCUT2D eigenvalue weighted by Crippen LogP contribution is -2.40. The lowest BCUT2D eigenvalue weighted by Gasteiger charge is -2.31. The summed E-state index contributed by atoms with van der Waals surface area (Å²) in [4.78, 5) is 18.1. The Balaban J connectivity index is 1.60. The summed E-state index contributed by atoms with van der Waals surface area (Å²) in [5.41, 5.74) is 0.763. The molecule has 0 radical (unpaired) electrons. The van der Waals surface area contributed by atoms with Crippen LogP contribution in [0.5, 0.6) is 0 Å². The molecular weight excluding hydrogens is 312 g/mol. The standard InChI is InChI=1S/C15H20N6OS/c1-2-21-13(18-19-15(21)23)11-5-9-20(10-6-11)14(22)17-12-3-7-16-8-4-12/h3-4,7-8,11H,2,5-6,9-10H2,1H3,(H,19,23)(H,16,17,22). The monoisotopic (exact) mass is 332 g/mol. The fourth-order valence-corrected chi connectivity index (χ4v) is 3.19. The van der Waals surface area contributed by atoms with Gasteiger partial charge in [0.15, 0.2) is 4.77 Å². The summed E-state index contributed by atoms with van der Waals surface area (Å²) in [6.07, 6.45) is 5.11. The van der Waals surface area contributed by atoms with Crippen LogP contribution in [0.4, 0.5) is 10.5 Å². The third-order valence-corrected chi connectivity index (χ3v) is 4.49. The number of rotatable bonds is 3. The van der Waals surface area contributed by atoms with Crippen LogP contribution in [0.15, 0.2) is 24.5 Å². The first-order chi connectivity index (χ1) is 11.2. The smallest absolute Gasteiger partial charge is 0.321 e. The molecule has 0 atom stereocenters. The minimum Gasteiger partial charge on any atom is -0.324 e. The number of aromatic nitrogens is 4. The summed E-state index contributed by atoms with van der Waals surface area (Å²) in [5, 5.41) is 10.1. The zero-order valence-corrected chi connectivity index (χ0v) is 13.8. The van der Waals surface area contributed by atoms with E-state index in [1.807, 2.05) is 9.47 Å². The van der Waals surface area contributed by atoms with Crippen molar-refractivity contribution in [3.05, 3.63) is 35.1 Å². The number of H-pyrrole nitrogens is 1. The summed E-state index contributed by atoms with van der Waals surface area (Å²) >= 11 is 5.24. The maximum absolute atomic E-state index is 12.3. The van der Waals surface area contributed by atoms with E-state index in [9.17, 15) is 4.79 Å². The molecule has 0 spiro atoms. The highest BCUT2D eigenvalue weighted by atomic mass is 32.1. The molecule has 2 aromatic rings. The maximum Gasteiger partial charge on any atom is 0.321 e. The number of nitrogens with zero attached hydrogens (tertiary/aromatic N) is 4. The number of anilines is 1. The quantitative estimate of drug-likeness (QED) is 0.847. The van der Waals surface area contributed by atoms with Gasteiger partial charge in [0.05, 0.1) is 0 Å². The fraction of sp³-hybridized carbons (Fsp3) is 0.467. The van der Waals surface area contributed by atoms with E-state index < -0.39 is 0 Å². The van der Waals surface area contributed by atoms with Gasteiger partial charge in [-0.25, -0.2) is 4.79 Å². The van der Waals surface area contributed by atoms with E-state index in [2.05, 4.69) is 27.4 Å². The molecule has 1 fully saturated rings. The molecule has 0 aliphatic carbocycles. The molecule has 2 amide bonds. The van der Waals surface area contributed by atoms with Gasteiger partial charge < -0.3 is 14.8 Å². The SMILES string of the molecule is CCn1c(C2CCN(C(=O)Nc3ccncc3)CC2)n[nH]c1=S. The number of hydrogen-bond acceptors (Lipinski definition) is 4. The Bertz CT molecular complexity index is 717. The second kappa shape index (κ2) is 6.91. The van der Waals surface area contributed by atoms with Gasteiger partial charge in [0.2, 0.25) is 0 Å². The number of aromatic amines is 1. The summed E-state index contributed by atoms with van der Waals surface area (Å²) in [6, 6.07) is 3.50. The zero-order valence-electron chi connectivity index (χ0n) is 13.0. The Morgan fingerprint density at radius 1 is 1.39 bits per heavy atom. The van der Waals surface area contributed by atoms with Crippen LogP contribution in [-0.4, -0.2) is 43.8 Å². The van der Waals surface area contributed by atoms with Crippen LogP contribution in [0.1, 0.15) is 31.5 Å². The van der Waals surface area contributed by atoms with Crippen LogP contribution in [-0.2, 0) is 6.54 Å². The fourth-order valence-electron chi connectivity index (χ4n) is 2.93. The molecule has 0 saturated carbocycles. The number of likely N-dealkylation sites (tertiary alicyclic amines) is 1. The van der Waals surface area contributed by atoms with Crippen LogP contribution in [0.25, 0.3) is 0 Å². The van der Waals surface area contributed by atoms with Crippen LogP contribution < -0.4 is 5.32 Å². The molecule has 122 valence electrons. The van der Waals surface area contributed by atoms with Gasteiger partial charge >= 0.3 is 6.03 Å². The van der Waals surface area contributed by atoms with Crippen molar-refractivity contribution < 1.29 is 4.79 Å². The molecule has 0 unspecified atom stereocenters. The molecule has 1 aliphatic heterocycles. The summed E-state index contributed by atoms with van der Waals surface area (Å²) < 4.78 is 2.70. The average molecular weight is 332 g/mol. The Morgan fingerprint density at radius 3 is 2.74 bits per heavy atom. The number of urea groups is 1. The first kappa shape index (κ1) is 15.7. The van der Waals surface area contributed by atoms with Gasteiger partial charge in [0.1, 0.15) is 5.82 Å². The molecule has 3 rings (SSSR count). The second-order valence-corrected chi connectivity index (χ2v) is 5.95. The largest absolute Gasteiger partial charge is 0.324 e. The molecule has 0 aromatic carbocycles. The van der Waals surface area contributed by atoms with Gasteiger partial charge in [-0.3, -0.25) is 10.1 Å². The maximum atomic E-state index is 12.3. The Labute approximate surface area is 139 Å². The third kappa shape index (κ3) is 3.42. The highest BCUT2D eigenvalue weighted by Crippen LogP contribution is 2.27. The number of amides is 2. The number of hydrogen-bond donors (Lipinski definition) is 2. The van der Waals surface area contributed by atoms with E-state index in [4.69, 9.17) is 12.2 Å². The predicted octanol–water partition coefficient (Wildman–Crippen LogP) is 2.77. The van der Waals surface area contributed by atoms with Crippen LogP contribution in [0, 0.1) is 4.77 Å². The molecule has 3 heterocycles. The van der Waals surface area contributed by atoms with Crippen molar-refractivity contribution >= 4 is 23.9 Å². The molecule has 0 bridgehead atoms. The van der Waals surface area contributed by atoms with E-state index in [1.54, 1.807) is 24.5 Å². The van der Waals surface area contributed by atoms with Gasteiger partial charge in [-0.05, 0) is 44.1 Å². The summed E-state index contributed by atoms with van der Waals surface area (Å²) in [6.45, 7) is 4.30. The van der Waals surface area contributed by atoms with Gasteiger partial charge in [0, 0.05) is 43.6 Å². The van der Waals surface area contributed by atoms with Crippen molar-refractivity contribution in [2.75, 3.05) is 18.4 Å².